The molecule has 0 radical (unpaired) electrons. The maximum atomic E-state index is 13.2. The fraction of sp³-hybridized carbons (Fsp3) is 0.333. The van der Waals surface area contributed by atoms with Crippen molar-refractivity contribution in [1.82, 2.24) is 4.98 Å². The number of anilines is 1. The summed E-state index contributed by atoms with van der Waals surface area (Å²) in [6.07, 6.45) is 3.78. The van der Waals surface area contributed by atoms with Gasteiger partial charge in [0.2, 0.25) is 0 Å². The predicted molar refractivity (Wildman–Crippen MR) is 97.7 cm³/mol. The molecule has 4 nitrogen and oxygen atoms in total. The van der Waals surface area contributed by atoms with Crippen LogP contribution in [-0.4, -0.2) is 27.4 Å². The Morgan fingerprint density at radius 3 is 2.62 bits per heavy atom. The molecule has 1 aliphatic carbocycles. The fourth-order valence-corrected chi connectivity index (χ4v) is 4.24. The molecule has 0 aliphatic heterocycles. The van der Waals surface area contributed by atoms with Gasteiger partial charge in [-0.1, -0.05) is 11.6 Å². The molecule has 138 valence electrons. The number of carbonyl (C=O) groups excluding carboxylic acids is 1. The number of hydrogen-bond acceptors (Lipinski definition) is 4. The Labute approximate surface area is 159 Å². The van der Waals surface area contributed by atoms with Gasteiger partial charge in [0, 0.05) is 21.8 Å². The summed E-state index contributed by atoms with van der Waals surface area (Å²) >= 11 is 7.83. The molecule has 1 aromatic carbocycles. The summed E-state index contributed by atoms with van der Waals surface area (Å²) in [4.78, 5) is 16.8. The van der Waals surface area contributed by atoms with Crippen LogP contribution in [0.3, 0.4) is 0 Å². The highest BCUT2D eigenvalue weighted by atomic mass is 35.5. The second-order valence-electron chi connectivity index (χ2n) is 6.13. The van der Waals surface area contributed by atoms with E-state index in [1.807, 2.05) is 0 Å². The Kier molecular flexibility index (Phi) is 6.11. The summed E-state index contributed by atoms with van der Waals surface area (Å²) < 4.78 is 26.2. The molecular weight excluding hydrogens is 382 g/mol. The van der Waals surface area contributed by atoms with E-state index < -0.39 is 17.5 Å². The number of nitrogens with one attached hydrogen (secondary N) is 1. The summed E-state index contributed by atoms with van der Waals surface area (Å²) in [6.45, 7) is 0. The Morgan fingerprint density at radius 1 is 1.19 bits per heavy atom. The van der Waals surface area contributed by atoms with Crippen LogP contribution in [0.15, 0.2) is 35.4 Å². The van der Waals surface area contributed by atoms with Crippen LogP contribution in [0.1, 0.15) is 36.0 Å². The van der Waals surface area contributed by atoms with Gasteiger partial charge in [-0.05, 0) is 43.9 Å². The molecular formula is C18H17ClF2N2O2S. The fourth-order valence-electron chi connectivity index (χ4n) is 2.75. The van der Waals surface area contributed by atoms with Crippen molar-refractivity contribution in [3.63, 3.8) is 0 Å². The number of pyridine rings is 1. The first-order valence-electron chi connectivity index (χ1n) is 8.19. The third-order valence-corrected chi connectivity index (χ3v) is 6.02. The van der Waals surface area contributed by atoms with Crippen molar-refractivity contribution >= 4 is 35.1 Å². The monoisotopic (exact) mass is 398 g/mol. The van der Waals surface area contributed by atoms with E-state index >= 15 is 0 Å². The highest BCUT2D eigenvalue weighted by molar-refractivity contribution is 8.00. The number of carbonyl (C=O) groups is 1. The molecule has 0 spiro atoms. The lowest BCUT2D eigenvalue weighted by Gasteiger charge is -2.25. The van der Waals surface area contributed by atoms with Gasteiger partial charge in [-0.25, -0.2) is 13.8 Å². The zero-order valence-electron chi connectivity index (χ0n) is 13.7. The molecule has 1 aliphatic rings. The van der Waals surface area contributed by atoms with Gasteiger partial charge in [0.1, 0.15) is 5.82 Å². The minimum atomic E-state index is -1.08. The zero-order chi connectivity index (χ0) is 18.7. The lowest BCUT2D eigenvalue weighted by molar-refractivity contribution is 0.102. The number of thioether (sulfide) groups is 1. The average molecular weight is 399 g/mol. The number of halogens is 3. The van der Waals surface area contributed by atoms with Gasteiger partial charge >= 0.3 is 0 Å². The number of aliphatic hydroxyl groups is 1. The summed E-state index contributed by atoms with van der Waals surface area (Å²) in [7, 11) is 0. The molecule has 26 heavy (non-hydrogen) atoms. The van der Waals surface area contributed by atoms with Crippen molar-refractivity contribution in [3.05, 3.63) is 52.7 Å². The van der Waals surface area contributed by atoms with Crippen molar-refractivity contribution in [2.24, 2.45) is 0 Å². The van der Waals surface area contributed by atoms with Crippen LogP contribution < -0.4 is 5.32 Å². The topological polar surface area (TPSA) is 62.2 Å². The third-order valence-electron chi connectivity index (χ3n) is 4.18. The van der Waals surface area contributed by atoms with Crippen LogP contribution in [-0.2, 0) is 0 Å². The van der Waals surface area contributed by atoms with Crippen LogP contribution in [0.4, 0.5) is 14.6 Å². The van der Waals surface area contributed by atoms with E-state index in [1.54, 1.807) is 30.0 Å². The summed E-state index contributed by atoms with van der Waals surface area (Å²) in [6, 6.07) is 5.70. The lowest BCUT2D eigenvalue weighted by atomic mass is 9.97. The Hall–Kier alpha value is -1.70. The predicted octanol–water partition coefficient (Wildman–Crippen LogP) is 4.66. The van der Waals surface area contributed by atoms with E-state index in [2.05, 4.69) is 10.3 Å². The van der Waals surface area contributed by atoms with Gasteiger partial charge in [0.05, 0.1) is 17.3 Å². The van der Waals surface area contributed by atoms with E-state index in [9.17, 15) is 18.7 Å². The number of amides is 1. The van der Waals surface area contributed by atoms with Crippen molar-refractivity contribution in [2.45, 2.75) is 41.9 Å². The summed E-state index contributed by atoms with van der Waals surface area (Å²) in [5, 5.41) is 12.9. The largest absolute Gasteiger partial charge is 0.393 e. The van der Waals surface area contributed by atoms with Gasteiger partial charge in [-0.2, -0.15) is 0 Å². The normalized spacial score (nSPS) is 20.0. The molecule has 0 atom stereocenters. The van der Waals surface area contributed by atoms with Crippen LogP contribution in [0.2, 0.25) is 5.02 Å². The van der Waals surface area contributed by atoms with Crippen LogP contribution in [0.25, 0.3) is 0 Å². The number of aromatic nitrogens is 1. The van der Waals surface area contributed by atoms with Crippen molar-refractivity contribution in [3.8, 4) is 0 Å². The van der Waals surface area contributed by atoms with Crippen LogP contribution in [0.5, 0.6) is 0 Å². The smallest absolute Gasteiger partial charge is 0.256 e. The highest BCUT2D eigenvalue weighted by Gasteiger charge is 2.21. The number of hydrogen-bond donors (Lipinski definition) is 2. The number of aliphatic hydroxyl groups excluding tert-OH is 1. The molecule has 1 aromatic heterocycles. The van der Waals surface area contributed by atoms with Gasteiger partial charge in [-0.3, -0.25) is 4.79 Å². The van der Waals surface area contributed by atoms with Crippen LogP contribution >= 0.6 is 23.4 Å². The van der Waals surface area contributed by atoms with Crippen molar-refractivity contribution in [2.75, 3.05) is 5.32 Å². The van der Waals surface area contributed by atoms with Gasteiger partial charge in [0.25, 0.3) is 5.91 Å². The molecule has 1 fully saturated rings. The molecule has 2 aromatic rings. The summed E-state index contributed by atoms with van der Waals surface area (Å²) in [5.74, 6) is -2.71. The lowest BCUT2D eigenvalue weighted by Crippen LogP contribution is -2.19. The van der Waals surface area contributed by atoms with E-state index in [0.29, 0.717) is 22.0 Å². The standard InChI is InChI=1S/C18H17ClF2N2O2S/c19-13-6-1-10(7-16(13)26-12-4-2-11(24)3-5-12)18(25)23-17-8-14(20)15(21)9-22-17/h1,6-9,11-12,24H,2-5H2,(H,22,23,25). The first-order chi connectivity index (χ1) is 12.4. The van der Waals surface area contributed by atoms with Crippen molar-refractivity contribution < 1.29 is 18.7 Å². The molecule has 8 heteroatoms. The van der Waals surface area contributed by atoms with E-state index in [4.69, 9.17) is 11.6 Å². The van der Waals surface area contributed by atoms with Gasteiger partial charge in [0.15, 0.2) is 11.6 Å². The molecule has 0 unspecified atom stereocenters. The highest BCUT2D eigenvalue weighted by Crippen LogP contribution is 2.37. The molecule has 0 bridgehead atoms. The first kappa shape index (κ1) is 19.1. The van der Waals surface area contributed by atoms with Crippen molar-refractivity contribution in [1.29, 1.82) is 0 Å². The minimum Gasteiger partial charge on any atom is -0.393 e. The molecule has 2 N–H and O–H groups in total. The van der Waals surface area contributed by atoms with E-state index in [1.165, 1.54) is 0 Å². The zero-order valence-corrected chi connectivity index (χ0v) is 15.3. The Balaban J connectivity index is 1.71. The van der Waals surface area contributed by atoms with Gasteiger partial charge < -0.3 is 10.4 Å². The average Bonchev–Trinajstić information content (AvgIpc) is 2.62. The molecule has 1 saturated carbocycles. The second-order valence-corrected chi connectivity index (χ2v) is 7.88. The quantitative estimate of drug-likeness (QED) is 0.786. The Bertz CT molecular complexity index is 814. The third kappa shape index (κ3) is 4.72. The number of nitrogens with zero attached hydrogens (tertiary/aromatic N) is 1. The number of benzene rings is 1. The second kappa shape index (κ2) is 8.33. The number of rotatable bonds is 4. The molecule has 3 rings (SSSR count). The Morgan fingerprint density at radius 2 is 1.92 bits per heavy atom. The SMILES string of the molecule is O=C(Nc1cc(F)c(F)cn1)c1ccc(Cl)c(SC2CCC(O)CC2)c1. The molecule has 1 amide bonds. The maximum absolute atomic E-state index is 13.2. The maximum Gasteiger partial charge on any atom is 0.256 e. The first-order valence-corrected chi connectivity index (χ1v) is 9.45. The van der Waals surface area contributed by atoms with Gasteiger partial charge in [-0.15, -0.1) is 11.8 Å². The molecule has 1 heterocycles. The minimum absolute atomic E-state index is 0.0701. The molecule has 0 saturated heterocycles. The van der Waals surface area contributed by atoms with E-state index in [-0.39, 0.29) is 11.9 Å². The van der Waals surface area contributed by atoms with Crippen LogP contribution in [0, 0.1) is 11.6 Å². The van der Waals surface area contributed by atoms with E-state index in [0.717, 1.165) is 36.6 Å². The summed E-state index contributed by atoms with van der Waals surface area (Å²) in [5.41, 5.74) is 0.347.